The fourth-order valence-corrected chi connectivity index (χ4v) is 3.00. The third kappa shape index (κ3) is 5.74. The Bertz CT molecular complexity index is 575. The Morgan fingerprint density at radius 1 is 1.24 bits per heavy atom. The van der Waals surface area contributed by atoms with Crippen LogP contribution in [0.2, 0.25) is 0 Å². The highest BCUT2D eigenvalue weighted by molar-refractivity contribution is 5.87. The zero-order valence-electron chi connectivity index (χ0n) is 15.3. The molecule has 1 aliphatic rings. The second-order valence-corrected chi connectivity index (χ2v) is 7.63. The molecule has 2 rings (SSSR count). The molecular weight excluding hydrogens is 318 g/mol. The number of hydrogen-bond acceptors (Lipinski definition) is 3. The molecule has 0 aromatic heterocycles. The van der Waals surface area contributed by atoms with Gasteiger partial charge in [0.25, 0.3) is 0 Å². The quantitative estimate of drug-likeness (QED) is 0.857. The number of carbonyl (C=O) groups is 2. The van der Waals surface area contributed by atoms with Crippen LogP contribution in [0.4, 0.5) is 4.79 Å². The van der Waals surface area contributed by atoms with Crippen LogP contribution in [0.3, 0.4) is 0 Å². The molecule has 3 N–H and O–H groups in total. The first-order chi connectivity index (χ1) is 11.8. The molecule has 1 aromatic rings. The van der Waals surface area contributed by atoms with E-state index in [-0.39, 0.29) is 12.0 Å². The van der Waals surface area contributed by atoms with Crippen molar-refractivity contribution in [1.82, 2.24) is 10.2 Å². The Hall–Kier alpha value is -2.08. The summed E-state index contributed by atoms with van der Waals surface area (Å²) in [6, 6.07) is 8.78. The average Bonchev–Trinajstić information content (AvgIpc) is 2.57. The van der Waals surface area contributed by atoms with Gasteiger partial charge in [-0.05, 0) is 23.8 Å². The number of carbonyl (C=O) groups excluding carboxylic acids is 2. The topological polar surface area (TPSA) is 84.7 Å². The standard InChI is InChI=1S/C19H29N3O3/c1-19(2,3)16(21-18(20)24)17(23)22-11-9-15(10-12-22)25-13-14-7-5-4-6-8-14/h4-8,15-16H,9-13H2,1-3H3,(H3,20,21,24). The van der Waals surface area contributed by atoms with Crippen LogP contribution in [0.1, 0.15) is 39.2 Å². The van der Waals surface area contributed by atoms with E-state index in [4.69, 9.17) is 10.5 Å². The van der Waals surface area contributed by atoms with E-state index >= 15 is 0 Å². The van der Waals surface area contributed by atoms with Crippen molar-refractivity contribution in [3.8, 4) is 0 Å². The van der Waals surface area contributed by atoms with Gasteiger partial charge in [0.05, 0.1) is 12.7 Å². The van der Waals surface area contributed by atoms with Crippen molar-refractivity contribution in [2.45, 2.75) is 52.4 Å². The lowest BCUT2D eigenvalue weighted by Crippen LogP contribution is -2.57. The van der Waals surface area contributed by atoms with E-state index in [1.54, 1.807) is 4.90 Å². The van der Waals surface area contributed by atoms with Gasteiger partial charge < -0.3 is 20.7 Å². The van der Waals surface area contributed by atoms with Crippen molar-refractivity contribution < 1.29 is 14.3 Å². The summed E-state index contributed by atoms with van der Waals surface area (Å²) in [5, 5.41) is 2.59. The third-order valence-corrected chi connectivity index (χ3v) is 4.48. The predicted molar refractivity (Wildman–Crippen MR) is 96.8 cm³/mol. The molecule has 138 valence electrons. The Balaban J connectivity index is 1.85. The van der Waals surface area contributed by atoms with Crippen LogP contribution in [-0.2, 0) is 16.1 Å². The van der Waals surface area contributed by atoms with E-state index < -0.39 is 17.5 Å². The van der Waals surface area contributed by atoms with Gasteiger partial charge in [-0.15, -0.1) is 0 Å². The van der Waals surface area contributed by atoms with Gasteiger partial charge in [-0.25, -0.2) is 4.79 Å². The summed E-state index contributed by atoms with van der Waals surface area (Å²) < 4.78 is 5.96. The maximum atomic E-state index is 12.8. The number of benzene rings is 1. The SMILES string of the molecule is CC(C)(C)C(NC(N)=O)C(=O)N1CCC(OCc2ccccc2)CC1. The molecule has 1 saturated heterocycles. The van der Waals surface area contributed by atoms with E-state index in [0.717, 1.165) is 18.4 Å². The molecule has 1 atom stereocenters. The summed E-state index contributed by atoms with van der Waals surface area (Å²) in [5.74, 6) is -0.0761. The zero-order valence-corrected chi connectivity index (χ0v) is 15.3. The summed E-state index contributed by atoms with van der Waals surface area (Å²) in [4.78, 5) is 25.8. The largest absolute Gasteiger partial charge is 0.373 e. The number of piperidine rings is 1. The van der Waals surface area contributed by atoms with Crippen LogP contribution in [0.5, 0.6) is 0 Å². The number of likely N-dealkylation sites (tertiary alicyclic amines) is 1. The number of amides is 3. The minimum Gasteiger partial charge on any atom is -0.373 e. The first-order valence-electron chi connectivity index (χ1n) is 8.77. The van der Waals surface area contributed by atoms with Crippen LogP contribution < -0.4 is 11.1 Å². The number of hydrogen-bond donors (Lipinski definition) is 2. The van der Waals surface area contributed by atoms with Gasteiger partial charge in [0, 0.05) is 13.1 Å². The lowest BCUT2D eigenvalue weighted by Gasteiger charge is -2.38. The van der Waals surface area contributed by atoms with Crippen LogP contribution in [0.25, 0.3) is 0 Å². The number of ether oxygens (including phenoxy) is 1. The van der Waals surface area contributed by atoms with Crippen molar-refractivity contribution in [1.29, 1.82) is 0 Å². The first-order valence-corrected chi connectivity index (χ1v) is 8.77. The molecule has 0 aliphatic carbocycles. The minimum atomic E-state index is -0.672. The number of nitrogens with zero attached hydrogens (tertiary/aromatic N) is 1. The first kappa shape index (κ1) is 19.2. The summed E-state index contributed by atoms with van der Waals surface area (Å²) >= 11 is 0. The van der Waals surface area contributed by atoms with Crippen LogP contribution in [-0.4, -0.2) is 42.1 Å². The molecule has 3 amide bonds. The van der Waals surface area contributed by atoms with Crippen molar-refractivity contribution in [3.05, 3.63) is 35.9 Å². The highest BCUT2D eigenvalue weighted by atomic mass is 16.5. The molecule has 6 heteroatoms. The Morgan fingerprint density at radius 3 is 2.36 bits per heavy atom. The summed E-state index contributed by atoms with van der Waals surface area (Å²) in [6.07, 6.45) is 1.75. The number of primary amides is 1. The van der Waals surface area contributed by atoms with Gasteiger partial charge >= 0.3 is 6.03 Å². The second-order valence-electron chi connectivity index (χ2n) is 7.63. The maximum Gasteiger partial charge on any atom is 0.312 e. The van der Waals surface area contributed by atoms with Gasteiger partial charge in [0.15, 0.2) is 0 Å². The van der Waals surface area contributed by atoms with E-state index in [1.165, 1.54) is 0 Å². The lowest BCUT2D eigenvalue weighted by atomic mass is 9.85. The van der Waals surface area contributed by atoms with Gasteiger partial charge in [-0.1, -0.05) is 51.1 Å². The van der Waals surface area contributed by atoms with Gasteiger partial charge in [0.1, 0.15) is 6.04 Å². The summed E-state index contributed by atoms with van der Waals surface area (Å²) in [7, 11) is 0. The molecular formula is C19H29N3O3. The molecule has 0 radical (unpaired) electrons. The molecule has 0 saturated carbocycles. The van der Waals surface area contributed by atoms with E-state index in [1.807, 2.05) is 51.1 Å². The van der Waals surface area contributed by atoms with Gasteiger partial charge in [-0.3, -0.25) is 4.79 Å². The fraction of sp³-hybridized carbons (Fsp3) is 0.579. The Labute approximate surface area is 149 Å². The van der Waals surface area contributed by atoms with Gasteiger partial charge in [0.2, 0.25) is 5.91 Å². The maximum absolute atomic E-state index is 12.8. The highest BCUT2D eigenvalue weighted by Gasteiger charge is 2.36. The number of rotatable bonds is 5. The van der Waals surface area contributed by atoms with Gasteiger partial charge in [-0.2, -0.15) is 0 Å². The third-order valence-electron chi connectivity index (χ3n) is 4.48. The Kier molecular flexibility index (Phi) is 6.42. The van der Waals surface area contributed by atoms with E-state index in [2.05, 4.69) is 5.32 Å². The van der Waals surface area contributed by atoms with Crippen molar-refractivity contribution in [3.63, 3.8) is 0 Å². The summed E-state index contributed by atoms with van der Waals surface area (Å²) in [5.41, 5.74) is 5.99. The smallest absolute Gasteiger partial charge is 0.312 e. The van der Waals surface area contributed by atoms with Crippen LogP contribution in [0.15, 0.2) is 30.3 Å². The molecule has 0 bridgehead atoms. The molecule has 1 heterocycles. The molecule has 0 spiro atoms. The second kappa shape index (κ2) is 8.34. The van der Waals surface area contributed by atoms with E-state index in [0.29, 0.717) is 19.7 Å². The number of nitrogens with two attached hydrogens (primary N) is 1. The fourth-order valence-electron chi connectivity index (χ4n) is 3.00. The zero-order chi connectivity index (χ0) is 18.4. The monoisotopic (exact) mass is 347 g/mol. The predicted octanol–water partition coefficient (Wildman–Crippen LogP) is 2.28. The molecule has 1 aliphatic heterocycles. The van der Waals surface area contributed by atoms with Crippen LogP contribution >= 0.6 is 0 Å². The summed E-state index contributed by atoms with van der Waals surface area (Å²) in [6.45, 7) is 7.60. The van der Waals surface area contributed by atoms with Crippen molar-refractivity contribution in [2.75, 3.05) is 13.1 Å². The molecule has 1 fully saturated rings. The molecule has 1 unspecified atom stereocenters. The van der Waals surface area contributed by atoms with Crippen molar-refractivity contribution >= 4 is 11.9 Å². The lowest BCUT2D eigenvalue weighted by molar-refractivity contribution is -0.138. The van der Waals surface area contributed by atoms with Crippen LogP contribution in [0, 0.1) is 5.41 Å². The number of nitrogens with one attached hydrogen (secondary N) is 1. The molecule has 25 heavy (non-hydrogen) atoms. The average molecular weight is 347 g/mol. The Morgan fingerprint density at radius 2 is 1.84 bits per heavy atom. The minimum absolute atomic E-state index is 0.0761. The number of urea groups is 1. The van der Waals surface area contributed by atoms with E-state index in [9.17, 15) is 9.59 Å². The normalized spacial score (nSPS) is 17.2. The molecule has 1 aromatic carbocycles. The highest BCUT2D eigenvalue weighted by Crippen LogP contribution is 2.23. The molecule has 6 nitrogen and oxygen atoms in total. The van der Waals surface area contributed by atoms with Crippen molar-refractivity contribution in [2.24, 2.45) is 11.1 Å².